The Labute approximate surface area is 143 Å². The highest BCUT2D eigenvalue weighted by Gasteiger charge is 2.40. The third kappa shape index (κ3) is 3.74. The molecule has 8 heteroatoms. The third-order valence-corrected chi connectivity index (χ3v) is 3.95. The largest absolute Gasteiger partial charge is 0.467 e. The number of hydrogen-bond acceptors (Lipinski definition) is 3. The van der Waals surface area contributed by atoms with Crippen molar-refractivity contribution < 1.29 is 22.0 Å². The number of furan rings is 1. The van der Waals surface area contributed by atoms with Gasteiger partial charge in [0, 0.05) is 26.2 Å². The Kier molecular flexibility index (Phi) is 5.90. The maximum absolute atomic E-state index is 13.9. The van der Waals surface area contributed by atoms with Crippen LogP contribution < -0.4 is 5.32 Å². The average Bonchev–Trinajstić information content (AvgIpc) is 3.01. The summed E-state index contributed by atoms with van der Waals surface area (Å²) in [5.74, 6) is -0.885. The van der Waals surface area contributed by atoms with Crippen molar-refractivity contribution >= 4 is 12.4 Å². The molecule has 3 rings (SSSR count). The first-order valence-corrected chi connectivity index (χ1v) is 7.32. The summed E-state index contributed by atoms with van der Waals surface area (Å²) in [6.07, 6.45) is -3.35. The number of rotatable bonds is 3. The van der Waals surface area contributed by atoms with Crippen molar-refractivity contribution in [3.63, 3.8) is 0 Å². The highest BCUT2D eigenvalue weighted by Crippen LogP contribution is 2.40. The third-order valence-electron chi connectivity index (χ3n) is 3.95. The molecule has 0 bridgehead atoms. The zero-order valence-electron chi connectivity index (χ0n) is 12.6. The normalized spacial score (nSPS) is 17.3. The summed E-state index contributed by atoms with van der Waals surface area (Å²) < 4.78 is 59.4. The minimum atomic E-state index is -4.76. The highest BCUT2D eigenvalue weighted by atomic mass is 35.5. The lowest BCUT2D eigenvalue weighted by molar-refractivity contribution is -0.141. The maximum Gasteiger partial charge on any atom is 0.419 e. The molecule has 1 aliphatic rings. The van der Waals surface area contributed by atoms with Crippen molar-refractivity contribution in [1.82, 2.24) is 10.2 Å². The lowest BCUT2D eigenvalue weighted by atomic mass is 9.95. The summed E-state index contributed by atoms with van der Waals surface area (Å²) in [4.78, 5) is 1.87. The van der Waals surface area contributed by atoms with Gasteiger partial charge < -0.3 is 9.73 Å². The number of piperazine rings is 1. The van der Waals surface area contributed by atoms with Crippen LogP contribution in [0.2, 0.25) is 0 Å². The Morgan fingerprint density at radius 3 is 2.38 bits per heavy atom. The molecule has 24 heavy (non-hydrogen) atoms. The summed E-state index contributed by atoms with van der Waals surface area (Å²) in [7, 11) is 0. The van der Waals surface area contributed by atoms with Gasteiger partial charge in [-0.1, -0.05) is 12.1 Å². The van der Waals surface area contributed by atoms with E-state index in [2.05, 4.69) is 5.32 Å². The van der Waals surface area contributed by atoms with E-state index in [9.17, 15) is 17.6 Å². The molecule has 0 radical (unpaired) electrons. The number of nitrogens with one attached hydrogen (secondary N) is 1. The fraction of sp³-hybridized carbons (Fsp3) is 0.375. The summed E-state index contributed by atoms with van der Waals surface area (Å²) >= 11 is 0. The van der Waals surface area contributed by atoms with Crippen LogP contribution in [0.4, 0.5) is 17.6 Å². The van der Waals surface area contributed by atoms with E-state index in [4.69, 9.17) is 4.42 Å². The quantitative estimate of drug-likeness (QED) is 0.838. The van der Waals surface area contributed by atoms with Crippen LogP contribution in [0.3, 0.4) is 0 Å². The Bertz CT molecular complexity index is 655. The van der Waals surface area contributed by atoms with E-state index in [1.54, 1.807) is 12.1 Å². The molecular formula is C16H17ClF4N2O. The zero-order valence-corrected chi connectivity index (χ0v) is 13.5. The van der Waals surface area contributed by atoms with Gasteiger partial charge >= 0.3 is 6.18 Å². The van der Waals surface area contributed by atoms with Crippen LogP contribution >= 0.6 is 12.4 Å². The number of hydrogen-bond donors (Lipinski definition) is 1. The number of halogens is 5. The van der Waals surface area contributed by atoms with Crippen molar-refractivity contribution in [3.8, 4) is 0 Å². The van der Waals surface area contributed by atoms with Gasteiger partial charge in [-0.05, 0) is 23.8 Å². The van der Waals surface area contributed by atoms with E-state index in [0.717, 1.165) is 6.07 Å². The molecule has 1 atom stereocenters. The molecular weight excluding hydrogens is 348 g/mol. The minimum absolute atomic E-state index is 0. The molecule has 2 heterocycles. The van der Waals surface area contributed by atoms with Gasteiger partial charge in [0.2, 0.25) is 0 Å². The Morgan fingerprint density at radius 2 is 1.79 bits per heavy atom. The van der Waals surface area contributed by atoms with Crippen LogP contribution in [0.15, 0.2) is 41.0 Å². The smallest absolute Gasteiger partial charge is 0.419 e. The predicted octanol–water partition coefficient (Wildman–Crippen LogP) is 3.85. The second kappa shape index (κ2) is 7.55. The molecule has 1 saturated heterocycles. The van der Waals surface area contributed by atoms with Crippen LogP contribution in [0, 0.1) is 5.82 Å². The number of nitrogens with zero attached hydrogens (tertiary/aromatic N) is 1. The molecule has 1 N–H and O–H groups in total. The van der Waals surface area contributed by atoms with Crippen LogP contribution in [0.1, 0.15) is 22.9 Å². The van der Waals surface area contributed by atoms with Gasteiger partial charge in [-0.3, -0.25) is 4.90 Å². The highest BCUT2D eigenvalue weighted by molar-refractivity contribution is 5.85. The lowest BCUT2D eigenvalue weighted by Gasteiger charge is -2.35. The lowest BCUT2D eigenvalue weighted by Crippen LogP contribution is -2.45. The van der Waals surface area contributed by atoms with Gasteiger partial charge in [-0.15, -0.1) is 12.4 Å². The fourth-order valence-electron chi connectivity index (χ4n) is 2.98. The number of alkyl halides is 3. The molecule has 0 spiro atoms. The van der Waals surface area contributed by atoms with E-state index in [1.165, 1.54) is 18.4 Å². The molecule has 0 unspecified atom stereocenters. The molecule has 132 valence electrons. The van der Waals surface area contributed by atoms with Crippen LogP contribution in [0.5, 0.6) is 0 Å². The van der Waals surface area contributed by atoms with Crippen molar-refractivity contribution in [3.05, 3.63) is 59.3 Å². The van der Waals surface area contributed by atoms with Crippen molar-refractivity contribution in [2.24, 2.45) is 0 Å². The van der Waals surface area contributed by atoms with Gasteiger partial charge in [-0.25, -0.2) is 4.39 Å². The van der Waals surface area contributed by atoms with Gasteiger partial charge in [0.05, 0.1) is 17.9 Å². The molecule has 2 aromatic rings. The predicted molar refractivity (Wildman–Crippen MR) is 83.6 cm³/mol. The molecule has 1 aromatic heterocycles. The molecule has 0 saturated carbocycles. The second-order valence-corrected chi connectivity index (χ2v) is 5.41. The molecule has 3 nitrogen and oxygen atoms in total. The SMILES string of the molecule is Cl.Fc1cccc([C@H](c2ccco2)N2CCNCC2)c1C(F)(F)F. The van der Waals surface area contributed by atoms with Gasteiger partial charge in [0.15, 0.2) is 0 Å². The first kappa shape index (κ1) is 18.8. The molecule has 0 amide bonds. The Morgan fingerprint density at radius 1 is 1.08 bits per heavy atom. The minimum Gasteiger partial charge on any atom is -0.467 e. The first-order chi connectivity index (χ1) is 11.0. The first-order valence-electron chi connectivity index (χ1n) is 7.32. The van der Waals surface area contributed by atoms with E-state index < -0.39 is 23.6 Å². The summed E-state index contributed by atoms with van der Waals surface area (Å²) in [5.41, 5.74) is -1.34. The van der Waals surface area contributed by atoms with Gasteiger partial charge in [0.1, 0.15) is 11.6 Å². The monoisotopic (exact) mass is 364 g/mol. The topological polar surface area (TPSA) is 28.4 Å². The van der Waals surface area contributed by atoms with Gasteiger partial charge in [-0.2, -0.15) is 13.2 Å². The Balaban J connectivity index is 0.00000208. The fourth-order valence-corrected chi connectivity index (χ4v) is 2.98. The second-order valence-electron chi connectivity index (χ2n) is 5.41. The molecule has 1 fully saturated rings. The van der Waals surface area contributed by atoms with Crippen LogP contribution in [0.25, 0.3) is 0 Å². The zero-order chi connectivity index (χ0) is 16.4. The maximum atomic E-state index is 13.9. The summed E-state index contributed by atoms with van der Waals surface area (Å²) in [6, 6.07) is 5.94. The summed E-state index contributed by atoms with van der Waals surface area (Å²) in [6.45, 7) is 2.43. The molecule has 1 aromatic carbocycles. The number of benzene rings is 1. The average molecular weight is 365 g/mol. The van der Waals surface area contributed by atoms with E-state index in [-0.39, 0.29) is 18.0 Å². The van der Waals surface area contributed by atoms with Crippen molar-refractivity contribution in [1.29, 1.82) is 0 Å². The molecule has 1 aliphatic heterocycles. The van der Waals surface area contributed by atoms with Crippen LogP contribution in [-0.4, -0.2) is 31.1 Å². The standard InChI is InChI=1S/C16H16F4N2O.ClH/c17-12-4-1-3-11(14(12)16(18,19)20)15(13-5-2-10-23-13)22-8-6-21-7-9-22;/h1-5,10,15,21H,6-9H2;1H/t15-;/m1./s1. The van der Waals surface area contributed by atoms with E-state index >= 15 is 0 Å². The van der Waals surface area contributed by atoms with Crippen molar-refractivity contribution in [2.45, 2.75) is 12.2 Å². The summed E-state index contributed by atoms with van der Waals surface area (Å²) in [5, 5.41) is 3.15. The van der Waals surface area contributed by atoms with Crippen molar-refractivity contribution in [2.75, 3.05) is 26.2 Å². The molecule has 0 aliphatic carbocycles. The van der Waals surface area contributed by atoms with E-state index in [1.807, 2.05) is 4.90 Å². The van der Waals surface area contributed by atoms with Gasteiger partial charge in [0.25, 0.3) is 0 Å². The van der Waals surface area contributed by atoms with Crippen LogP contribution in [-0.2, 0) is 6.18 Å². The van der Waals surface area contributed by atoms with E-state index in [0.29, 0.717) is 31.9 Å². The Hall–Kier alpha value is -1.57.